The molecule has 0 bridgehead atoms. The molecule has 2 rings (SSSR count). The molecule has 0 amide bonds. The van der Waals surface area contributed by atoms with Crippen LogP contribution in [-0.2, 0) is 6.54 Å². The number of nitrogens with zero attached hydrogens (tertiary/aromatic N) is 2. The molecule has 1 heterocycles. The van der Waals surface area contributed by atoms with Crippen LogP contribution in [0.3, 0.4) is 0 Å². The number of hydrogen-bond donors (Lipinski definition) is 1. The van der Waals surface area contributed by atoms with Crippen molar-refractivity contribution < 1.29 is 0 Å². The first kappa shape index (κ1) is 8.51. The van der Waals surface area contributed by atoms with Gasteiger partial charge >= 0.3 is 0 Å². The van der Waals surface area contributed by atoms with Gasteiger partial charge in [-0.1, -0.05) is 6.08 Å². The molecule has 70 valence electrons. The van der Waals surface area contributed by atoms with Crippen LogP contribution in [0.15, 0.2) is 18.5 Å². The molecule has 0 spiro atoms. The van der Waals surface area contributed by atoms with Crippen LogP contribution in [0, 0.1) is 0 Å². The minimum Gasteiger partial charge on any atom is -0.329 e. The van der Waals surface area contributed by atoms with Gasteiger partial charge in [0, 0.05) is 18.3 Å². The van der Waals surface area contributed by atoms with Crippen LogP contribution in [0.1, 0.15) is 24.8 Å². The fraction of sp³-hybridized carbons (Fsp3) is 0.500. The standard InChI is InChI=1S/C10H15N3/c11-5-6-13-8-10(7-12-13)9-3-1-2-4-9/h3,7-8H,1-2,4-6,11H2. The maximum Gasteiger partial charge on any atom is 0.0564 e. The van der Waals surface area contributed by atoms with Gasteiger partial charge < -0.3 is 5.73 Å². The van der Waals surface area contributed by atoms with Crippen molar-refractivity contribution in [2.24, 2.45) is 5.73 Å². The van der Waals surface area contributed by atoms with E-state index in [1.807, 2.05) is 10.9 Å². The molecule has 2 N–H and O–H groups in total. The maximum absolute atomic E-state index is 5.45. The molecule has 0 radical (unpaired) electrons. The predicted molar refractivity (Wildman–Crippen MR) is 53.1 cm³/mol. The van der Waals surface area contributed by atoms with Gasteiger partial charge in [0.05, 0.1) is 12.7 Å². The second-order valence-electron chi connectivity index (χ2n) is 3.40. The summed E-state index contributed by atoms with van der Waals surface area (Å²) in [6.45, 7) is 1.47. The molecular formula is C10H15N3. The summed E-state index contributed by atoms with van der Waals surface area (Å²) in [4.78, 5) is 0. The molecule has 0 fully saturated rings. The number of nitrogens with two attached hydrogens (primary N) is 1. The van der Waals surface area contributed by atoms with Gasteiger partial charge in [0.2, 0.25) is 0 Å². The molecule has 0 atom stereocenters. The van der Waals surface area contributed by atoms with E-state index in [4.69, 9.17) is 5.73 Å². The van der Waals surface area contributed by atoms with Crippen LogP contribution in [0.4, 0.5) is 0 Å². The Morgan fingerprint density at radius 2 is 2.46 bits per heavy atom. The van der Waals surface area contributed by atoms with Crippen LogP contribution in [0.5, 0.6) is 0 Å². The van der Waals surface area contributed by atoms with E-state index in [0.29, 0.717) is 6.54 Å². The highest BCUT2D eigenvalue weighted by Crippen LogP contribution is 2.26. The summed E-state index contributed by atoms with van der Waals surface area (Å²) in [6.07, 6.45) is 10.0. The van der Waals surface area contributed by atoms with Crippen molar-refractivity contribution >= 4 is 5.57 Å². The molecule has 13 heavy (non-hydrogen) atoms. The summed E-state index contributed by atoms with van der Waals surface area (Å²) in [5.74, 6) is 0. The lowest BCUT2D eigenvalue weighted by Crippen LogP contribution is -2.09. The minimum absolute atomic E-state index is 0.653. The molecule has 3 nitrogen and oxygen atoms in total. The third-order valence-electron chi connectivity index (χ3n) is 2.40. The van der Waals surface area contributed by atoms with Crippen molar-refractivity contribution in [1.29, 1.82) is 0 Å². The number of rotatable bonds is 3. The second-order valence-corrected chi connectivity index (χ2v) is 3.40. The molecule has 0 saturated heterocycles. The molecule has 0 unspecified atom stereocenters. The van der Waals surface area contributed by atoms with Crippen molar-refractivity contribution in [3.63, 3.8) is 0 Å². The minimum atomic E-state index is 0.653. The molecule has 0 aromatic carbocycles. The van der Waals surface area contributed by atoms with Crippen LogP contribution < -0.4 is 5.73 Å². The second kappa shape index (κ2) is 3.75. The van der Waals surface area contributed by atoms with Crippen molar-refractivity contribution in [2.45, 2.75) is 25.8 Å². The topological polar surface area (TPSA) is 43.8 Å². The monoisotopic (exact) mass is 177 g/mol. The Balaban J connectivity index is 2.12. The Bertz CT molecular complexity index is 312. The van der Waals surface area contributed by atoms with Gasteiger partial charge in [0.25, 0.3) is 0 Å². The lowest BCUT2D eigenvalue weighted by atomic mass is 10.1. The highest BCUT2D eigenvalue weighted by Gasteiger charge is 2.08. The number of allylic oxidation sites excluding steroid dienone is 2. The SMILES string of the molecule is NCCn1cc(C2=CCCC2)cn1. The fourth-order valence-electron chi connectivity index (χ4n) is 1.72. The normalized spacial score (nSPS) is 16.2. The summed E-state index contributed by atoms with van der Waals surface area (Å²) >= 11 is 0. The first-order chi connectivity index (χ1) is 6.40. The predicted octanol–water partition coefficient (Wildman–Crippen LogP) is 1.41. The number of hydrogen-bond acceptors (Lipinski definition) is 2. The smallest absolute Gasteiger partial charge is 0.0564 e. The van der Waals surface area contributed by atoms with E-state index in [1.54, 1.807) is 0 Å². The van der Waals surface area contributed by atoms with Crippen LogP contribution in [0.2, 0.25) is 0 Å². The molecule has 1 aliphatic carbocycles. The maximum atomic E-state index is 5.45. The Hall–Kier alpha value is -1.09. The quantitative estimate of drug-likeness (QED) is 0.758. The van der Waals surface area contributed by atoms with Gasteiger partial charge in [-0.2, -0.15) is 5.10 Å². The molecule has 0 saturated carbocycles. The molecule has 3 heteroatoms. The highest BCUT2D eigenvalue weighted by atomic mass is 15.3. The number of aromatic nitrogens is 2. The van der Waals surface area contributed by atoms with Gasteiger partial charge in [-0.15, -0.1) is 0 Å². The average Bonchev–Trinajstić information content (AvgIpc) is 2.70. The third kappa shape index (κ3) is 1.80. The Morgan fingerprint density at radius 1 is 1.54 bits per heavy atom. The van der Waals surface area contributed by atoms with Crippen molar-refractivity contribution in [3.05, 3.63) is 24.0 Å². The summed E-state index contributed by atoms with van der Waals surface area (Å²) < 4.78 is 1.91. The van der Waals surface area contributed by atoms with Gasteiger partial charge in [-0.25, -0.2) is 0 Å². The zero-order chi connectivity index (χ0) is 9.10. The Labute approximate surface area is 78.2 Å². The highest BCUT2D eigenvalue weighted by molar-refractivity contribution is 5.65. The summed E-state index contributed by atoms with van der Waals surface area (Å²) in [5, 5.41) is 4.25. The van der Waals surface area contributed by atoms with Crippen LogP contribution >= 0.6 is 0 Å². The van der Waals surface area contributed by atoms with E-state index in [2.05, 4.69) is 17.4 Å². The molecule has 1 aromatic rings. The van der Waals surface area contributed by atoms with E-state index >= 15 is 0 Å². The summed E-state index contributed by atoms with van der Waals surface area (Å²) in [5.41, 5.74) is 8.16. The van der Waals surface area contributed by atoms with E-state index in [-0.39, 0.29) is 0 Å². The van der Waals surface area contributed by atoms with Crippen LogP contribution in [0.25, 0.3) is 5.57 Å². The van der Waals surface area contributed by atoms with Gasteiger partial charge in [0.1, 0.15) is 0 Å². The zero-order valence-corrected chi connectivity index (χ0v) is 7.74. The van der Waals surface area contributed by atoms with Gasteiger partial charge in [-0.05, 0) is 24.8 Å². The van der Waals surface area contributed by atoms with E-state index in [0.717, 1.165) is 6.54 Å². The Morgan fingerprint density at radius 3 is 3.15 bits per heavy atom. The summed E-state index contributed by atoms with van der Waals surface area (Å²) in [6, 6.07) is 0. The van der Waals surface area contributed by atoms with Crippen LogP contribution in [-0.4, -0.2) is 16.3 Å². The molecule has 1 aromatic heterocycles. The fourth-order valence-corrected chi connectivity index (χ4v) is 1.72. The van der Waals surface area contributed by atoms with E-state index < -0.39 is 0 Å². The van der Waals surface area contributed by atoms with Crippen molar-refractivity contribution in [3.8, 4) is 0 Å². The largest absolute Gasteiger partial charge is 0.329 e. The zero-order valence-electron chi connectivity index (χ0n) is 7.74. The first-order valence-corrected chi connectivity index (χ1v) is 4.82. The third-order valence-corrected chi connectivity index (χ3v) is 2.40. The molecular weight excluding hydrogens is 162 g/mol. The molecule has 1 aliphatic rings. The Kier molecular flexibility index (Phi) is 2.45. The van der Waals surface area contributed by atoms with Crippen molar-refractivity contribution in [1.82, 2.24) is 9.78 Å². The van der Waals surface area contributed by atoms with Gasteiger partial charge in [0.15, 0.2) is 0 Å². The van der Waals surface area contributed by atoms with E-state index in [9.17, 15) is 0 Å². The van der Waals surface area contributed by atoms with Gasteiger partial charge in [-0.3, -0.25) is 4.68 Å². The first-order valence-electron chi connectivity index (χ1n) is 4.82. The van der Waals surface area contributed by atoms with Crippen molar-refractivity contribution in [2.75, 3.05) is 6.54 Å². The average molecular weight is 177 g/mol. The molecule has 0 aliphatic heterocycles. The summed E-state index contributed by atoms with van der Waals surface area (Å²) in [7, 11) is 0. The lowest BCUT2D eigenvalue weighted by Gasteiger charge is -1.96. The lowest BCUT2D eigenvalue weighted by molar-refractivity contribution is 0.625. The van der Waals surface area contributed by atoms with E-state index in [1.165, 1.54) is 30.4 Å².